The van der Waals surface area contributed by atoms with Gasteiger partial charge in [0.25, 0.3) is 0 Å². The van der Waals surface area contributed by atoms with Crippen LogP contribution >= 0.6 is 24.0 Å². The quantitative estimate of drug-likeness (QED) is 0.266. The van der Waals surface area contributed by atoms with Crippen molar-refractivity contribution in [2.45, 2.75) is 19.9 Å². The van der Waals surface area contributed by atoms with E-state index in [2.05, 4.69) is 58.9 Å². The average Bonchev–Trinajstić information content (AvgIpc) is 2.72. The van der Waals surface area contributed by atoms with Crippen LogP contribution < -0.4 is 10.6 Å². The Labute approximate surface area is 185 Å². The Balaban J connectivity index is 0.00000280. The molecule has 2 N–H and O–H groups in total. The molecule has 28 heavy (non-hydrogen) atoms. The summed E-state index contributed by atoms with van der Waals surface area (Å²) in [4.78, 5) is 7.22. The molecule has 2 aromatic rings. The predicted molar refractivity (Wildman–Crippen MR) is 128 cm³/mol. The van der Waals surface area contributed by atoms with Crippen LogP contribution in [0.15, 0.2) is 59.6 Å². The van der Waals surface area contributed by atoms with Crippen LogP contribution in [0.25, 0.3) is 0 Å². The second-order valence-corrected chi connectivity index (χ2v) is 6.88. The van der Waals surface area contributed by atoms with Crippen molar-refractivity contribution in [2.75, 3.05) is 44.7 Å². The second kappa shape index (κ2) is 12.7. The Bertz CT molecular complexity index is 700. The minimum Gasteiger partial charge on any atom is -0.379 e. The lowest BCUT2D eigenvalue weighted by Gasteiger charge is -2.26. The molecule has 2 aromatic carbocycles. The zero-order valence-electron chi connectivity index (χ0n) is 16.6. The molecular formula is C22H31IN4O. The normalized spacial score (nSPS) is 15.0. The summed E-state index contributed by atoms with van der Waals surface area (Å²) in [7, 11) is 0. The molecule has 0 bridgehead atoms. The van der Waals surface area contributed by atoms with E-state index in [4.69, 9.17) is 9.73 Å². The molecule has 1 aliphatic heterocycles. The number of para-hydroxylation sites is 1. The Morgan fingerprint density at radius 3 is 2.46 bits per heavy atom. The third kappa shape index (κ3) is 8.16. The van der Waals surface area contributed by atoms with E-state index in [9.17, 15) is 0 Å². The van der Waals surface area contributed by atoms with Crippen molar-refractivity contribution >= 4 is 35.6 Å². The van der Waals surface area contributed by atoms with E-state index in [-0.39, 0.29) is 24.0 Å². The number of ether oxygens (including phenoxy) is 1. The summed E-state index contributed by atoms with van der Waals surface area (Å²) < 4.78 is 5.41. The first kappa shape index (κ1) is 22.6. The van der Waals surface area contributed by atoms with Gasteiger partial charge in [-0.1, -0.05) is 48.0 Å². The number of hydrogen-bond acceptors (Lipinski definition) is 3. The van der Waals surface area contributed by atoms with Gasteiger partial charge in [0.15, 0.2) is 5.96 Å². The van der Waals surface area contributed by atoms with E-state index < -0.39 is 0 Å². The highest BCUT2D eigenvalue weighted by atomic mass is 127. The van der Waals surface area contributed by atoms with Crippen molar-refractivity contribution in [1.82, 2.24) is 10.2 Å². The van der Waals surface area contributed by atoms with Crippen molar-refractivity contribution in [2.24, 2.45) is 4.99 Å². The molecule has 1 heterocycles. The van der Waals surface area contributed by atoms with Crippen LogP contribution in [0, 0.1) is 6.92 Å². The Morgan fingerprint density at radius 1 is 1.04 bits per heavy atom. The Morgan fingerprint density at radius 2 is 1.75 bits per heavy atom. The molecule has 0 aliphatic carbocycles. The van der Waals surface area contributed by atoms with Gasteiger partial charge < -0.3 is 15.4 Å². The van der Waals surface area contributed by atoms with Gasteiger partial charge in [0.1, 0.15) is 0 Å². The summed E-state index contributed by atoms with van der Waals surface area (Å²) in [6.45, 7) is 8.53. The summed E-state index contributed by atoms with van der Waals surface area (Å²) in [6.07, 6.45) is 1.08. The van der Waals surface area contributed by atoms with Gasteiger partial charge in [-0.15, -0.1) is 24.0 Å². The highest BCUT2D eigenvalue weighted by molar-refractivity contribution is 14.0. The van der Waals surface area contributed by atoms with Gasteiger partial charge in [-0.05, 0) is 37.6 Å². The molecule has 6 heteroatoms. The number of anilines is 1. The van der Waals surface area contributed by atoms with E-state index in [1.54, 1.807) is 0 Å². The molecule has 1 saturated heterocycles. The third-order valence-corrected chi connectivity index (χ3v) is 4.62. The molecule has 1 aliphatic rings. The fourth-order valence-corrected chi connectivity index (χ4v) is 3.00. The van der Waals surface area contributed by atoms with Crippen LogP contribution in [0.2, 0.25) is 0 Å². The molecule has 5 nitrogen and oxygen atoms in total. The standard InChI is InChI=1S/C22H30N4O.HI/c1-19-8-10-20(11-9-19)18-24-22(25-21-6-3-2-4-7-21)23-12-5-13-26-14-16-27-17-15-26;/h2-4,6-11H,5,12-18H2,1H3,(H2,23,24,25);1H. The van der Waals surface area contributed by atoms with Crippen molar-refractivity contribution in [3.63, 3.8) is 0 Å². The summed E-state index contributed by atoms with van der Waals surface area (Å²) >= 11 is 0. The Kier molecular flexibility index (Phi) is 10.3. The second-order valence-electron chi connectivity index (χ2n) is 6.88. The highest BCUT2D eigenvalue weighted by Crippen LogP contribution is 2.07. The summed E-state index contributed by atoms with van der Waals surface area (Å²) in [5, 5.41) is 6.87. The average molecular weight is 494 g/mol. The first-order valence-electron chi connectivity index (χ1n) is 9.76. The number of halogens is 1. The number of morpholine rings is 1. The van der Waals surface area contributed by atoms with E-state index in [0.717, 1.165) is 57.5 Å². The predicted octanol–water partition coefficient (Wildman–Crippen LogP) is 3.89. The molecule has 0 aromatic heterocycles. The van der Waals surface area contributed by atoms with Gasteiger partial charge in [-0.25, -0.2) is 4.99 Å². The maximum Gasteiger partial charge on any atom is 0.196 e. The van der Waals surface area contributed by atoms with Crippen molar-refractivity contribution in [3.05, 3.63) is 65.7 Å². The van der Waals surface area contributed by atoms with E-state index in [1.165, 1.54) is 11.1 Å². The van der Waals surface area contributed by atoms with Crippen LogP contribution in [0.3, 0.4) is 0 Å². The number of benzene rings is 2. The number of nitrogens with zero attached hydrogens (tertiary/aromatic N) is 2. The lowest BCUT2D eigenvalue weighted by Crippen LogP contribution is -2.38. The van der Waals surface area contributed by atoms with Crippen LogP contribution in [0.5, 0.6) is 0 Å². The molecule has 3 rings (SSSR count). The number of rotatable bonds is 7. The zero-order chi connectivity index (χ0) is 18.7. The number of aryl methyl sites for hydroxylation is 1. The van der Waals surface area contributed by atoms with E-state index >= 15 is 0 Å². The maximum absolute atomic E-state index is 5.41. The lowest BCUT2D eigenvalue weighted by atomic mass is 10.1. The summed E-state index contributed by atoms with van der Waals surface area (Å²) in [5.74, 6) is 0.823. The van der Waals surface area contributed by atoms with Crippen molar-refractivity contribution < 1.29 is 4.74 Å². The van der Waals surface area contributed by atoms with Gasteiger partial charge in [0.05, 0.1) is 19.8 Å². The molecule has 152 valence electrons. The molecule has 0 unspecified atom stereocenters. The SMILES string of the molecule is Cc1ccc(CN=C(NCCCN2CCOCC2)Nc2ccccc2)cc1.I. The van der Waals surface area contributed by atoms with Crippen molar-refractivity contribution in [1.29, 1.82) is 0 Å². The smallest absolute Gasteiger partial charge is 0.196 e. The number of nitrogens with one attached hydrogen (secondary N) is 2. The molecule has 0 amide bonds. The van der Waals surface area contributed by atoms with Gasteiger partial charge in [-0.3, -0.25) is 4.90 Å². The number of guanidine groups is 1. The number of hydrogen-bond donors (Lipinski definition) is 2. The molecule has 0 saturated carbocycles. The zero-order valence-corrected chi connectivity index (χ0v) is 18.9. The molecular weight excluding hydrogens is 463 g/mol. The first-order chi connectivity index (χ1) is 13.3. The molecule has 0 radical (unpaired) electrons. The van der Waals surface area contributed by atoms with Gasteiger partial charge in [0, 0.05) is 25.3 Å². The van der Waals surface area contributed by atoms with Crippen LogP contribution in [-0.4, -0.2) is 50.3 Å². The summed E-state index contributed by atoms with van der Waals surface area (Å²) in [5.41, 5.74) is 3.52. The van der Waals surface area contributed by atoms with Crippen LogP contribution in [0.1, 0.15) is 17.5 Å². The van der Waals surface area contributed by atoms with Crippen LogP contribution in [0.4, 0.5) is 5.69 Å². The first-order valence-corrected chi connectivity index (χ1v) is 9.76. The third-order valence-electron chi connectivity index (χ3n) is 4.62. The van der Waals surface area contributed by atoms with E-state index in [1.807, 2.05) is 18.2 Å². The Hall–Kier alpha value is -1.64. The fraction of sp³-hybridized carbons (Fsp3) is 0.409. The van der Waals surface area contributed by atoms with E-state index in [0.29, 0.717) is 6.54 Å². The maximum atomic E-state index is 5.41. The minimum atomic E-state index is 0. The molecule has 1 fully saturated rings. The summed E-state index contributed by atoms with van der Waals surface area (Å²) in [6, 6.07) is 18.7. The monoisotopic (exact) mass is 494 g/mol. The molecule has 0 spiro atoms. The van der Waals surface area contributed by atoms with Gasteiger partial charge in [-0.2, -0.15) is 0 Å². The highest BCUT2D eigenvalue weighted by Gasteiger charge is 2.09. The number of aliphatic imine (C=N–C) groups is 1. The van der Waals surface area contributed by atoms with Crippen molar-refractivity contribution in [3.8, 4) is 0 Å². The largest absolute Gasteiger partial charge is 0.379 e. The molecule has 0 atom stereocenters. The van der Waals surface area contributed by atoms with Gasteiger partial charge >= 0.3 is 0 Å². The van der Waals surface area contributed by atoms with Crippen LogP contribution in [-0.2, 0) is 11.3 Å². The van der Waals surface area contributed by atoms with Gasteiger partial charge in [0.2, 0.25) is 0 Å². The topological polar surface area (TPSA) is 48.9 Å². The lowest BCUT2D eigenvalue weighted by molar-refractivity contribution is 0.0376. The fourth-order valence-electron chi connectivity index (χ4n) is 3.00. The minimum absolute atomic E-state index is 0.